The molecule has 0 saturated heterocycles. The van der Waals surface area contributed by atoms with Crippen molar-refractivity contribution in [2.45, 2.75) is 191 Å². The molecule has 12 nitrogen and oxygen atoms in total. The van der Waals surface area contributed by atoms with Gasteiger partial charge in [0.25, 0.3) is 0 Å². The molecule has 0 aromatic heterocycles. The highest BCUT2D eigenvalue weighted by atomic mass is 32.2. The number of carboxylic acids is 1. The Bertz CT molecular complexity index is 1210. The number of phosphoric ester groups is 1. The van der Waals surface area contributed by atoms with Gasteiger partial charge in [-0.05, 0) is 38.5 Å². The molecule has 0 amide bonds. The van der Waals surface area contributed by atoms with Gasteiger partial charge in [0.05, 0.1) is 12.7 Å². The summed E-state index contributed by atoms with van der Waals surface area (Å²) in [6.07, 6.45) is 37.3. The molecule has 0 radical (unpaired) electrons. The van der Waals surface area contributed by atoms with E-state index in [9.17, 15) is 33.8 Å². The Kier molecular flexibility index (Phi) is 37.4. The average molecular weight is 860 g/mol. The van der Waals surface area contributed by atoms with E-state index in [4.69, 9.17) is 20.3 Å². The van der Waals surface area contributed by atoms with Gasteiger partial charge in [-0.2, -0.15) is 0 Å². The third kappa shape index (κ3) is 38.0. The topological polar surface area (TPSA) is 203 Å². The van der Waals surface area contributed by atoms with E-state index in [1.54, 1.807) is 12.2 Å². The van der Waals surface area contributed by atoms with Crippen molar-refractivity contribution >= 4 is 37.5 Å². The van der Waals surface area contributed by atoms with E-state index in [1.807, 2.05) is 24.3 Å². The van der Waals surface area contributed by atoms with Gasteiger partial charge in [-0.3, -0.25) is 18.9 Å². The maximum Gasteiger partial charge on any atom is 0.469 e. The lowest BCUT2D eigenvalue weighted by Gasteiger charge is -2.22. The van der Waals surface area contributed by atoms with E-state index in [2.05, 4.69) is 30.5 Å². The molecule has 336 valence electrons. The second kappa shape index (κ2) is 38.9. The molecule has 0 rings (SSSR count). The summed E-state index contributed by atoms with van der Waals surface area (Å²) in [6.45, 7) is 3.22. The van der Waals surface area contributed by atoms with Gasteiger partial charge in [0.15, 0.2) is 6.10 Å². The fourth-order valence-electron chi connectivity index (χ4n) is 5.93. The van der Waals surface area contributed by atoms with Crippen LogP contribution in [0.1, 0.15) is 168 Å². The number of rotatable bonds is 40. The van der Waals surface area contributed by atoms with Crippen LogP contribution in [0, 0.1) is 0 Å². The molecule has 0 heterocycles. The van der Waals surface area contributed by atoms with E-state index in [1.165, 1.54) is 102 Å². The van der Waals surface area contributed by atoms with Crippen LogP contribution in [-0.4, -0.2) is 80.4 Å². The van der Waals surface area contributed by atoms with Crippen LogP contribution >= 0.6 is 19.6 Å². The molecule has 0 aliphatic rings. The molecule has 4 atom stereocenters. The number of carboxylic acid groups (broad SMARTS) is 1. The number of hydrogen-bond acceptors (Lipinski definition) is 10. The zero-order valence-electron chi connectivity index (χ0n) is 35.6. The summed E-state index contributed by atoms with van der Waals surface area (Å²) in [5.41, 5.74) is 6.10. The lowest BCUT2D eigenvalue weighted by atomic mass is 10.0. The first-order valence-corrected chi connectivity index (χ1v) is 24.5. The predicted molar refractivity (Wildman–Crippen MR) is 235 cm³/mol. The quantitative estimate of drug-likeness (QED) is 0.0128. The molecule has 0 unspecified atom stereocenters. The Hall–Kier alpha value is -2.25. The summed E-state index contributed by atoms with van der Waals surface area (Å²) >= 11 is 1.21. The third-order valence-electron chi connectivity index (χ3n) is 9.35. The Balaban J connectivity index is 4.82. The summed E-state index contributed by atoms with van der Waals surface area (Å²) in [7, 11) is -4.89. The summed E-state index contributed by atoms with van der Waals surface area (Å²) in [4.78, 5) is 54.7. The third-order valence-corrected chi connectivity index (χ3v) is 11.2. The first kappa shape index (κ1) is 55.8. The molecule has 0 saturated carbocycles. The van der Waals surface area contributed by atoms with Gasteiger partial charge in [-0.15, -0.1) is 11.8 Å². The zero-order chi connectivity index (χ0) is 43.1. The Morgan fingerprint density at radius 1 is 0.707 bits per heavy atom. The van der Waals surface area contributed by atoms with Gasteiger partial charge in [0.1, 0.15) is 12.6 Å². The van der Waals surface area contributed by atoms with Crippen molar-refractivity contribution in [2.24, 2.45) is 5.73 Å². The number of aliphatic carboxylic acids is 1. The maximum absolute atomic E-state index is 12.8. The number of phosphoric acid groups is 1. The van der Waals surface area contributed by atoms with Gasteiger partial charge < -0.3 is 35.2 Å². The molecule has 0 aromatic carbocycles. The lowest BCUT2D eigenvalue weighted by Crippen LogP contribution is -2.38. The fourth-order valence-corrected chi connectivity index (χ4v) is 7.42. The van der Waals surface area contributed by atoms with E-state index < -0.39 is 62.4 Å². The number of allylic oxidation sites excluding steroid dienone is 7. The van der Waals surface area contributed by atoms with E-state index >= 15 is 0 Å². The molecule has 0 fully saturated rings. The molecule has 14 heteroatoms. The zero-order valence-corrected chi connectivity index (χ0v) is 37.3. The van der Waals surface area contributed by atoms with Crippen molar-refractivity contribution < 1.29 is 52.9 Å². The van der Waals surface area contributed by atoms with Crippen molar-refractivity contribution in [2.75, 3.05) is 19.0 Å². The number of esters is 2. The molecule has 0 spiro atoms. The highest BCUT2D eigenvalue weighted by Crippen LogP contribution is 2.36. The summed E-state index contributed by atoms with van der Waals surface area (Å²) in [6, 6.07) is -1.14. The minimum atomic E-state index is -4.89. The minimum Gasteiger partial charge on any atom is -0.481 e. The molecule has 0 bridgehead atoms. The molecular weight excluding hydrogens is 782 g/mol. The number of nitrogens with two attached hydrogens (primary N) is 1. The van der Waals surface area contributed by atoms with E-state index in [-0.39, 0.29) is 31.4 Å². The SMILES string of the molecule is CCCCC/C=C\C\C=C/C=C/C=C/[C@@H](SC[C@H](N)C(=O)OC[C@H](COP(=O)(O)O)OC(=O)CCCCCCCCCCCCCCCCC)[C@@H](O)CCCC(=O)O. The Morgan fingerprint density at radius 3 is 1.86 bits per heavy atom. The average Bonchev–Trinajstić information content (AvgIpc) is 3.18. The molecule has 0 aliphatic heterocycles. The van der Waals surface area contributed by atoms with Gasteiger partial charge >= 0.3 is 25.7 Å². The van der Waals surface area contributed by atoms with Crippen molar-refractivity contribution in [3.8, 4) is 0 Å². The Morgan fingerprint density at radius 2 is 1.28 bits per heavy atom. The summed E-state index contributed by atoms with van der Waals surface area (Å²) in [5, 5.41) is 19.3. The standard InChI is InChI=1S/C44H78NO11PS/c1-3-5-7-9-11-13-15-17-18-19-21-23-25-27-29-34-43(49)56-38(36-55-57(51,52)53)35-54-44(50)39(45)37-58-41(40(46)31-30-33-42(47)48)32-28-26-24-22-20-16-14-12-10-8-6-4-2/h12,14,20,22,24,26,28,32,38-41,46H,3-11,13,15-19,21,23,25,27,29-31,33-37,45H2,1-2H3,(H,47,48)(H2,51,52,53)/b14-12-,22-20-,26-24+,32-28+/t38-,39+,40+,41-/m1/s1. The Labute approximate surface area is 354 Å². The number of carbonyl (C=O) groups is 3. The number of ether oxygens (including phenoxy) is 2. The minimum absolute atomic E-state index is 0.0423. The van der Waals surface area contributed by atoms with Crippen LogP contribution in [0.4, 0.5) is 0 Å². The molecular formula is C44H78NO11PS. The number of aliphatic hydroxyl groups excluding tert-OH is 1. The number of carbonyl (C=O) groups excluding carboxylic acids is 2. The molecule has 0 aliphatic carbocycles. The monoisotopic (exact) mass is 860 g/mol. The lowest BCUT2D eigenvalue weighted by molar-refractivity contribution is -0.161. The fraction of sp³-hybridized carbons (Fsp3) is 0.750. The second-order valence-electron chi connectivity index (χ2n) is 14.9. The number of hydrogen-bond donors (Lipinski definition) is 5. The van der Waals surface area contributed by atoms with Crippen molar-refractivity contribution in [3.63, 3.8) is 0 Å². The summed E-state index contributed by atoms with van der Waals surface area (Å²) in [5.74, 6) is -2.33. The highest BCUT2D eigenvalue weighted by Gasteiger charge is 2.26. The summed E-state index contributed by atoms with van der Waals surface area (Å²) < 4.78 is 26.5. The van der Waals surface area contributed by atoms with Crippen LogP contribution in [0.3, 0.4) is 0 Å². The molecule has 0 aromatic rings. The van der Waals surface area contributed by atoms with Crippen LogP contribution in [0.5, 0.6) is 0 Å². The molecule has 58 heavy (non-hydrogen) atoms. The first-order chi connectivity index (χ1) is 27.9. The predicted octanol–water partition coefficient (Wildman–Crippen LogP) is 10.1. The number of unbranched alkanes of at least 4 members (excludes halogenated alkanes) is 17. The highest BCUT2D eigenvalue weighted by molar-refractivity contribution is 8.00. The van der Waals surface area contributed by atoms with Crippen molar-refractivity contribution in [3.05, 3.63) is 48.6 Å². The van der Waals surface area contributed by atoms with Gasteiger partial charge in [-0.25, -0.2) is 4.57 Å². The van der Waals surface area contributed by atoms with Gasteiger partial charge in [-0.1, -0.05) is 165 Å². The van der Waals surface area contributed by atoms with Crippen LogP contribution < -0.4 is 5.73 Å². The largest absolute Gasteiger partial charge is 0.481 e. The maximum atomic E-state index is 12.8. The normalized spacial score (nSPS) is 14.4. The van der Waals surface area contributed by atoms with Crippen molar-refractivity contribution in [1.82, 2.24) is 0 Å². The van der Waals surface area contributed by atoms with Crippen LogP contribution in [-0.2, 0) is 32.9 Å². The smallest absolute Gasteiger partial charge is 0.469 e. The number of aliphatic hydroxyl groups is 1. The number of thioether (sulfide) groups is 1. The van der Waals surface area contributed by atoms with Gasteiger partial charge in [0.2, 0.25) is 0 Å². The second-order valence-corrected chi connectivity index (χ2v) is 17.3. The van der Waals surface area contributed by atoms with E-state index in [0.717, 1.165) is 32.1 Å². The van der Waals surface area contributed by atoms with Crippen LogP contribution in [0.2, 0.25) is 0 Å². The molecule has 6 N–H and O–H groups in total. The van der Waals surface area contributed by atoms with E-state index in [0.29, 0.717) is 6.42 Å². The van der Waals surface area contributed by atoms with Crippen molar-refractivity contribution in [1.29, 1.82) is 0 Å². The van der Waals surface area contributed by atoms with Gasteiger partial charge in [0, 0.05) is 23.8 Å². The van der Waals surface area contributed by atoms with Crippen LogP contribution in [0.25, 0.3) is 0 Å². The van der Waals surface area contributed by atoms with Crippen LogP contribution in [0.15, 0.2) is 48.6 Å². The first-order valence-electron chi connectivity index (χ1n) is 21.9.